The van der Waals surface area contributed by atoms with Crippen LogP contribution >= 0.6 is 0 Å². The molecule has 0 aliphatic carbocycles. The van der Waals surface area contributed by atoms with Gasteiger partial charge in [-0.3, -0.25) is 4.79 Å². The molecule has 3 heteroatoms. The van der Waals surface area contributed by atoms with Crippen molar-refractivity contribution in [2.45, 2.75) is 33.2 Å². The molecule has 0 spiro atoms. The number of carbonyl (C=O) groups excluding carboxylic acids is 1. The Morgan fingerprint density at radius 1 is 1.04 bits per heavy atom. The molecule has 2 aromatic rings. The third-order valence-corrected chi connectivity index (χ3v) is 3.64. The van der Waals surface area contributed by atoms with Crippen LogP contribution in [-0.2, 0) is 0 Å². The van der Waals surface area contributed by atoms with Gasteiger partial charge in [0.2, 0.25) is 0 Å². The Hall–Kier alpha value is -2.29. The third-order valence-electron chi connectivity index (χ3n) is 3.64. The maximum Gasteiger partial charge on any atom is 0.251 e. The summed E-state index contributed by atoms with van der Waals surface area (Å²) in [4.78, 5) is 12.5. The Bertz CT molecular complexity index is 605. The zero-order valence-corrected chi connectivity index (χ0v) is 14.1. The Kier molecular flexibility index (Phi) is 6.21. The summed E-state index contributed by atoms with van der Waals surface area (Å²) in [6.45, 7) is 6.89. The fraction of sp³-hybridized carbons (Fsp3) is 0.350. The maximum atomic E-state index is 12.5. The topological polar surface area (TPSA) is 38.3 Å². The summed E-state index contributed by atoms with van der Waals surface area (Å²) in [6, 6.07) is 17.4. The van der Waals surface area contributed by atoms with E-state index < -0.39 is 0 Å². The zero-order valence-electron chi connectivity index (χ0n) is 14.1. The number of hydrogen-bond acceptors (Lipinski definition) is 2. The summed E-state index contributed by atoms with van der Waals surface area (Å²) in [5.74, 6) is 1.23. The normalized spacial score (nSPS) is 12.0. The molecule has 0 heterocycles. The minimum atomic E-state index is -0.0532. The predicted octanol–water partition coefficient (Wildman–Crippen LogP) is 4.60. The Morgan fingerprint density at radius 2 is 1.70 bits per heavy atom. The van der Waals surface area contributed by atoms with Gasteiger partial charge in [-0.1, -0.05) is 44.2 Å². The number of rotatable bonds is 7. The smallest absolute Gasteiger partial charge is 0.251 e. The van der Waals surface area contributed by atoms with E-state index in [1.54, 1.807) is 12.1 Å². The van der Waals surface area contributed by atoms with Gasteiger partial charge in [-0.05, 0) is 49.1 Å². The Balaban J connectivity index is 2.10. The molecule has 3 nitrogen and oxygen atoms in total. The van der Waals surface area contributed by atoms with Crippen molar-refractivity contribution in [3.8, 4) is 5.75 Å². The molecule has 0 saturated heterocycles. The van der Waals surface area contributed by atoms with Crippen molar-refractivity contribution in [2.24, 2.45) is 5.92 Å². The standard InChI is InChI=1S/C20H25NO2/c1-4-23-18-12-10-17(11-13-18)20(22)21-19(14-15(2)3)16-8-6-5-7-9-16/h5-13,15,19H,4,14H2,1-3H3,(H,21,22)/t19-/m1/s1. The van der Waals surface area contributed by atoms with Gasteiger partial charge in [-0.2, -0.15) is 0 Å². The number of amides is 1. The van der Waals surface area contributed by atoms with Crippen molar-refractivity contribution >= 4 is 5.91 Å². The lowest BCUT2D eigenvalue weighted by atomic mass is 9.96. The van der Waals surface area contributed by atoms with E-state index in [2.05, 4.69) is 31.3 Å². The van der Waals surface area contributed by atoms with Crippen molar-refractivity contribution in [2.75, 3.05) is 6.61 Å². The van der Waals surface area contributed by atoms with Crippen molar-refractivity contribution in [1.29, 1.82) is 0 Å². The second-order valence-corrected chi connectivity index (χ2v) is 6.02. The number of benzene rings is 2. The van der Waals surface area contributed by atoms with Crippen LogP contribution in [0.2, 0.25) is 0 Å². The van der Waals surface area contributed by atoms with E-state index in [1.165, 1.54) is 0 Å². The van der Waals surface area contributed by atoms with Gasteiger partial charge in [0.15, 0.2) is 0 Å². The first-order valence-electron chi connectivity index (χ1n) is 8.18. The average molecular weight is 311 g/mol. The number of nitrogens with one attached hydrogen (secondary N) is 1. The second-order valence-electron chi connectivity index (χ2n) is 6.02. The molecule has 0 aliphatic heterocycles. The van der Waals surface area contributed by atoms with Gasteiger partial charge < -0.3 is 10.1 Å². The summed E-state index contributed by atoms with van der Waals surface area (Å²) < 4.78 is 5.41. The second kappa shape index (κ2) is 8.37. The van der Waals surface area contributed by atoms with Crippen LogP contribution in [0.25, 0.3) is 0 Å². The van der Waals surface area contributed by atoms with Crippen molar-refractivity contribution in [1.82, 2.24) is 5.32 Å². The summed E-state index contributed by atoms with van der Waals surface area (Å²) in [6.07, 6.45) is 0.910. The average Bonchev–Trinajstić information content (AvgIpc) is 2.55. The van der Waals surface area contributed by atoms with Crippen molar-refractivity contribution in [3.63, 3.8) is 0 Å². The minimum absolute atomic E-state index is 0.0234. The zero-order chi connectivity index (χ0) is 16.7. The highest BCUT2D eigenvalue weighted by Gasteiger charge is 2.17. The molecule has 1 N–H and O–H groups in total. The van der Waals surface area contributed by atoms with Gasteiger partial charge in [-0.25, -0.2) is 0 Å². The minimum Gasteiger partial charge on any atom is -0.494 e. The Labute approximate surface area is 138 Å². The van der Waals surface area contributed by atoms with Crippen LogP contribution in [0.1, 0.15) is 49.2 Å². The summed E-state index contributed by atoms with van der Waals surface area (Å²) in [7, 11) is 0. The van der Waals surface area contributed by atoms with Crippen LogP contribution in [0.4, 0.5) is 0 Å². The molecule has 1 atom stereocenters. The highest BCUT2D eigenvalue weighted by molar-refractivity contribution is 5.94. The van der Waals surface area contributed by atoms with Gasteiger partial charge in [0.05, 0.1) is 12.6 Å². The molecular formula is C20H25NO2. The molecule has 0 radical (unpaired) electrons. The number of hydrogen-bond donors (Lipinski definition) is 1. The maximum absolute atomic E-state index is 12.5. The summed E-state index contributed by atoms with van der Waals surface area (Å²) >= 11 is 0. The van der Waals surface area contributed by atoms with E-state index >= 15 is 0 Å². The first-order chi connectivity index (χ1) is 11.1. The van der Waals surface area contributed by atoms with Crippen LogP contribution in [0, 0.1) is 5.92 Å². The predicted molar refractivity (Wildman–Crippen MR) is 93.7 cm³/mol. The number of ether oxygens (including phenoxy) is 1. The van der Waals surface area contributed by atoms with Crippen LogP contribution in [0.5, 0.6) is 5.75 Å². The molecule has 0 bridgehead atoms. The van der Waals surface area contributed by atoms with E-state index in [4.69, 9.17) is 4.74 Å². The lowest BCUT2D eigenvalue weighted by Crippen LogP contribution is -2.29. The van der Waals surface area contributed by atoms with E-state index in [1.807, 2.05) is 37.3 Å². The molecule has 0 aromatic heterocycles. The van der Waals surface area contributed by atoms with E-state index in [0.717, 1.165) is 17.7 Å². The highest BCUT2D eigenvalue weighted by atomic mass is 16.5. The Morgan fingerprint density at radius 3 is 2.26 bits per heavy atom. The quantitative estimate of drug-likeness (QED) is 0.811. The molecule has 2 rings (SSSR count). The molecule has 0 unspecified atom stereocenters. The molecule has 2 aromatic carbocycles. The van der Waals surface area contributed by atoms with Gasteiger partial charge >= 0.3 is 0 Å². The van der Waals surface area contributed by atoms with E-state index in [-0.39, 0.29) is 11.9 Å². The molecule has 0 fully saturated rings. The fourth-order valence-electron chi connectivity index (χ4n) is 2.55. The van der Waals surface area contributed by atoms with Gasteiger partial charge in [0, 0.05) is 5.56 Å². The van der Waals surface area contributed by atoms with Crippen LogP contribution in [0.15, 0.2) is 54.6 Å². The number of carbonyl (C=O) groups is 1. The molecule has 1 amide bonds. The molecule has 122 valence electrons. The molecule has 23 heavy (non-hydrogen) atoms. The van der Waals surface area contributed by atoms with Crippen LogP contribution in [-0.4, -0.2) is 12.5 Å². The first-order valence-corrected chi connectivity index (χ1v) is 8.18. The van der Waals surface area contributed by atoms with Gasteiger partial charge in [-0.15, -0.1) is 0 Å². The van der Waals surface area contributed by atoms with Gasteiger partial charge in [0.25, 0.3) is 5.91 Å². The lowest BCUT2D eigenvalue weighted by molar-refractivity contribution is 0.0932. The highest BCUT2D eigenvalue weighted by Crippen LogP contribution is 2.22. The third kappa shape index (κ3) is 5.13. The SMILES string of the molecule is CCOc1ccc(C(=O)N[C@H](CC(C)C)c2ccccc2)cc1. The monoisotopic (exact) mass is 311 g/mol. The molecule has 0 saturated carbocycles. The lowest BCUT2D eigenvalue weighted by Gasteiger charge is -2.21. The fourth-order valence-corrected chi connectivity index (χ4v) is 2.55. The van der Waals surface area contributed by atoms with Gasteiger partial charge in [0.1, 0.15) is 5.75 Å². The van der Waals surface area contributed by atoms with Crippen LogP contribution in [0.3, 0.4) is 0 Å². The molecule has 0 aliphatic rings. The largest absolute Gasteiger partial charge is 0.494 e. The van der Waals surface area contributed by atoms with Crippen molar-refractivity contribution in [3.05, 3.63) is 65.7 Å². The van der Waals surface area contributed by atoms with E-state index in [9.17, 15) is 4.79 Å². The summed E-state index contributed by atoms with van der Waals surface area (Å²) in [5, 5.41) is 3.15. The van der Waals surface area contributed by atoms with Crippen molar-refractivity contribution < 1.29 is 9.53 Å². The van der Waals surface area contributed by atoms with E-state index in [0.29, 0.717) is 18.1 Å². The summed E-state index contributed by atoms with van der Waals surface area (Å²) in [5.41, 5.74) is 1.79. The first kappa shape index (κ1) is 17.1. The molecular weight excluding hydrogens is 286 g/mol. The van der Waals surface area contributed by atoms with Crippen LogP contribution < -0.4 is 10.1 Å².